The fourth-order valence-electron chi connectivity index (χ4n) is 1.07. The van der Waals surface area contributed by atoms with Gasteiger partial charge in [-0.1, -0.05) is 0 Å². The van der Waals surface area contributed by atoms with Crippen LogP contribution in [0.2, 0.25) is 0 Å². The second-order valence-electron chi connectivity index (χ2n) is 3.22. The molecule has 0 aromatic heterocycles. The average Bonchev–Trinajstić information content (AvgIpc) is 2.13. The Morgan fingerprint density at radius 3 is 2.28 bits per heavy atom. The van der Waals surface area contributed by atoms with Crippen LogP contribution in [0, 0.1) is 11.6 Å². The zero-order valence-corrected chi connectivity index (χ0v) is 11.1. The number of sulfonamides is 1. The Morgan fingerprint density at radius 2 is 1.78 bits per heavy atom. The van der Waals surface area contributed by atoms with E-state index >= 15 is 0 Å². The zero-order chi connectivity index (χ0) is 14.0. The van der Waals surface area contributed by atoms with E-state index in [0.29, 0.717) is 6.07 Å². The fourth-order valence-corrected chi connectivity index (χ4v) is 2.86. The van der Waals surface area contributed by atoms with Crippen molar-refractivity contribution in [1.29, 1.82) is 0 Å². The molecule has 0 aliphatic rings. The summed E-state index contributed by atoms with van der Waals surface area (Å²) in [5.41, 5.74) is 0. The molecule has 0 bridgehead atoms. The third-order valence-electron chi connectivity index (χ3n) is 1.82. The van der Waals surface area contributed by atoms with Crippen molar-refractivity contribution in [3.05, 3.63) is 29.8 Å². The highest BCUT2D eigenvalue weighted by atomic mass is 35.7. The van der Waals surface area contributed by atoms with Crippen LogP contribution in [0.5, 0.6) is 0 Å². The van der Waals surface area contributed by atoms with Gasteiger partial charge < -0.3 is 0 Å². The summed E-state index contributed by atoms with van der Waals surface area (Å²) in [6, 6.07) is 1.92. The monoisotopic (exact) mass is 319 g/mol. The lowest BCUT2D eigenvalue weighted by Crippen LogP contribution is -2.28. The van der Waals surface area contributed by atoms with Gasteiger partial charge >= 0.3 is 0 Å². The molecule has 0 saturated carbocycles. The van der Waals surface area contributed by atoms with Crippen LogP contribution in [0.3, 0.4) is 0 Å². The molecule has 102 valence electrons. The first-order valence-corrected chi connectivity index (χ1v) is 8.45. The van der Waals surface area contributed by atoms with Gasteiger partial charge in [-0.2, -0.15) is 0 Å². The standard InChI is InChI=1S/C8H8ClF2NO4S2/c9-17(13,14)4-3-12-18(15,16)8-2-1-6(10)5-7(8)11/h1-2,5,12H,3-4H2. The van der Waals surface area contributed by atoms with E-state index in [1.54, 1.807) is 0 Å². The summed E-state index contributed by atoms with van der Waals surface area (Å²) in [7, 11) is -3.23. The molecule has 0 aliphatic heterocycles. The molecule has 0 unspecified atom stereocenters. The van der Waals surface area contributed by atoms with Crippen LogP contribution in [0.4, 0.5) is 8.78 Å². The van der Waals surface area contributed by atoms with Crippen LogP contribution in [0.15, 0.2) is 23.1 Å². The molecule has 18 heavy (non-hydrogen) atoms. The van der Waals surface area contributed by atoms with Gasteiger partial charge in [0, 0.05) is 23.3 Å². The second-order valence-corrected chi connectivity index (χ2v) is 7.85. The summed E-state index contributed by atoms with van der Waals surface area (Å²) in [6.45, 7) is -0.509. The molecule has 1 aromatic carbocycles. The molecule has 1 rings (SSSR count). The Hall–Kier alpha value is -0.770. The third kappa shape index (κ3) is 4.48. The maximum atomic E-state index is 13.2. The lowest BCUT2D eigenvalue weighted by atomic mass is 10.3. The highest BCUT2D eigenvalue weighted by Crippen LogP contribution is 2.15. The first-order chi connectivity index (χ1) is 8.12. The Morgan fingerprint density at radius 1 is 1.17 bits per heavy atom. The Labute approximate surface area is 107 Å². The summed E-state index contributed by atoms with van der Waals surface area (Å²) >= 11 is 0. The molecule has 0 fully saturated rings. The minimum absolute atomic E-state index is 0.410. The number of benzene rings is 1. The van der Waals surface area contributed by atoms with Crippen molar-refractivity contribution in [3.8, 4) is 0 Å². The summed E-state index contributed by atoms with van der Waals surface area (Å²) in [5.74, 6) is -2.83. The Bertz CT molecular complexity index is 645. The summed E-state index contributed by atoms with van der Waals surface area (Å²) in [5, 5.41) is 0. The highest BCUT2D eigenvalue weighted by molar-refractivity contribution is 8.13. The van der Waals surface area contributed by atoms with Crippen molar-refractivity contribution >= 4 is 29.8 Å². The predicted octanol–water partition coefficient (Wildman–Crippen LogP) is 0.812. The molecule has 0 amide bonds. The van der Waals surface area contributed by atoms with Crippen molar-refractivity contribution < 1.29 is 25.6 Å². The van der Waals surface area contributed by atoms with Gasteiger partial charge in [0.2, 0.25) is 19.1 Å². The highest BCUT2D eigenvalue weighted by Gasteiger charge is 2.19. The lowest BCUT2D eigenvalue weighted by Gasteiger charge is -2.06. The van der Waals surface area contributed by atoms with Gasteiger partial charge in [-0.05, 0) is 12.1 Å². The molecule has 0 atom stereocenters. The van der Waals surface area contributed by atoms with Crippen LogP contribution in [0.1, 0.15) is 0 Å². The van der Waals surface area contributed by atoms with E-state index in [-0.39, 0.29) is 0 Å². The molecule has 0 aliphatic carbocycles. The summed E-state index contributed by atoms with van der Waals surface area (Å²) in [4.78, 5) is -0.768. The minimum Gasteiger partial charge on any atom is -0.212 e. The van der Waals surface area contributed by atoms with Gasteiger partial charge in [0.25, 0.3) is 0 Å². The van der Waals surface area contributed by atoms with Gasteiger partial charge in [-0.25, -0.2) is 30.3 Å². The van der Waals surface area contributed by atoms with Crippen molar-refractivity contribution in [3.63, 3.8) is 0 Å². The van der Waals surface area contributed by atoms with Crippen molar-refractivity contribution in [2.45, 2.75) is 4.90 Å². The van der Waals surface area contributed by atoms with Crippen LogP contribution < -0.4 is 4.72 Å². The van der Waals surface area contributed by atoms with E-state index in [0.717, 1.165) is 12.1 Å². The van der Waals surface area contributed by atoms with E-state index in [9.17, 15) is 25.6 Å². The molecule has 1 aromatic rings. The van der Waals surface area contributed by atoms with Crippen LogP contribution in [0.25, 0.3) is 0 Å². The molecule has 0 spiro atoms. The van der Waals surface area contributed by atoms with E-state index in [2.05, 4.69) is 0 Å². The molecule has 5 nitrogen and oxygen atoms in total. The summed E-state index contributed by atoms with van der Waals surface area (Å²) < 4.78 is 71.9. The summed E-state index contributed by atoms with van der Waals surface area (Å²) in [6.07, 6.45) is 0. The topological polar surface area (TPSA) is 80.3 Å². The zero-order valence-electron chi connectivity index (χ0n) is 8.73. The predicted molar refractivity (Wildman–Crippen MR) is 61.2 cm³/mol. The SMILES string of the molecule is O=S(=O)(Cl)CCNS(=O)(=O)c1ccc(F)cc1F. The van der Waals surface area contributed by atoms with Crippen molar-refractivity contribution in [2.75, 3.05) is 12.3 Å². The van der Waals surface area contributed by atoms with E-state index < -0.39 is 47.9 Å². The number of rotatable bonds is 5. The molecule has 1 N–H and O–H groups in total. The van der Waals surface area contributed by atoms with Gasteiger partial charge in [0.1, 0.15) is 16.5 Å². The Kier molecular flexibility index (Phi) is 4.65. The van der Waals surface area contributed by atoms with E-state index in [4.69, 9.17) is 10.7 Å². The maximum absolute atomic E-state index is 13.2. The second kappa shape index (κ2) is 5.47. The first kappa shape index (κ1) is 15.3. The van der Waals surface area contributed by atoms with Gasteiger partial charge in [0.05, 0.1) is 5.75 Å². The quantitative estimate of drug-likeness (QED) is 0.815. The number of halogens is 3. The van der Waals surface area contributed by atoms with E-state index in [1.807, 2.05) is 4.72 Å². The molecular weight excluding hydrogens is 312 g/mol. The molecule has 0 saturated heterocycles. The smallest absolute Gasteiger partial charge is 0.212 e. The van der Waals surface area contributed by atoms with Crippen LogP contribution in [-0.4, -0.2) is 29.1 Å². The van der Waals surface area contributed by atoms with Crippen molar-refractivity contribution in [2.24, 2.45) is 0 Å². The molecule has 0 radical (unpaired) electrons. The average molecular weight is 320 g/mol. The van der Waals surface area contributed by atoms with Gasteiger partial charge in [-0.15, -0.1) is 0 Å². The van der Waals surface area contributed by atoms with Gasteiger partial charge in [-0.3, -0.25) is 0 Å². The fraction of sp³-hybridized carbons (Fsp3) is 0.250. The number of nitrogens with one attached hydrogen (secondary N) is 1. The molecular formula is C8H8ClF2NO4S2. The first-order valence-electron chi connectivity index (χ1n) is 4.49. The Balaban J connectivity index is 2.87. The van der Waals surface area contributed by atoms with Gasteiger partial charge in [0.15, 0.2) is 0 Å². The lowest BCUT2D eigenvalue weighted by molar-refractivity contribution is 0.544. The normalized spacial score (nSPS) is 12.6. The molecule has 10 heteroatoms. The van der Waals surface area contributed by atoms with E-state index in [1.165, 1.54) is 0 Å². The minimum atomic E-state index is -4.24. The third-order valence-corrected chi connectivity index (χ3v) is 4.47. The maximum Gasteiger partial charge on any atom is 0.243 e. The molecule has 0 heterocycles. The van der Waals surface area contributed by atoms with Crippen molar-refractivity contribution in [1.82, 2.24) is 4.72 Å². The largest absolute Gasteiger partial charge is 0.243 e. The number of hydrogen-bond acceptors (Lipinski definition) is 4. The number of hydrogen-bond donors (Lipinski definition) is 1. The van der Waals surface area contributed by atoms with Crippen LogP contribution >= 0.6 is 10.7 Å². The van der Waals surface area contributed by atoms with Crippen LogP contribution in [-0.2, 0) is 19.1 Å².